The molecule has 2 rings (SSSR count). The largest absolute Gasteiger partial charge is 0.385 e. The lowest BCUT2D eigenvalue weighted by molar-refractivity contribution is -0.0932. The maximum absolute atomic E-state index is 14.0. The Balaban J connectivity index is 2.49. The van der Waals surface area contributed by atoms with Crippen molar-refractivity contribution in [3.05, 3.63) is 35.4 Å². The van der Waals surface area contributed by atoms with Gasteiger partial charge in [0, 0.05) is 5.56 Å². The molecule has 0 atom stereocenters. The summed E-state index contributed by atoms with van der Waals surface area (Å²) in [5.41, 5.74) is -1.41. The fraction of sp³-hybridized carbons (Fsp3) is 0.625. The Bertz CT molecular complexity index is 476. The van der Waals surface area contributed by atoms with Crippen LogP contribution in [-0.2, 0) is 5.60 Å². The van der Waals surface area contributed by atoms with E-state index in [1.165, 1.54) is 0 Å². The minimum Gasteiger partial charge on any atom is -0.385 e. The van der Waals surface area contributed by atoms with E-state index >= 15 is 0 Å². The van der Waals surface area contributed by atoms with Gasteiger partial charge in [-0.05, 0) is 48.3 Å². The lowest BCUT2D eigenvalue weighted by Gasteiger charge is -2.49. The molecular weight excluding hydrogens is 246 g/mol. The van der Waals surface area contributed by atoms with E-state index in [1.807, 2.05) is 0 Å². The molecular formula is C16H22F2O. The average Bonchev–Trinajstić information content (AvgIpc) is 2.16. The maximum Gasteiger partial charge on any atom is 0.129 e. The topological polar surface area (TPSA) is 20.2 Å². The van der Waals surface area contributed by atoms with Crippen LogP contribution in [0.4, 0.5) is 8.78 Å². The summed E-state index contributed by atoms with van der Waals surface area (Å²) in [6.07, 6.45) is 1.85. The molecule has 106 valence electrons. The van der Waals surface area contributed by atoms with E-state index in [2.05, 4.69) is 27.7 Å². The van der Waals surface area contributed by atoms with Crippen LogP contribution in [0.3, 0.4) is 0 Å². The quantitative estimate of drug-likeness (QED) is 0.801. The first kappa shape index (κ1) is 14.4. The zero-order valence-corrected chi connectivity index (χ0v) is 12.1. The van der Waals surface area contributed by atoms with E-state index < -0.39 is 17.2 Å². The number of rotatable bonds is 1. The van der Waals surface area contributed by atoms with Crippen LogP contribution >= 0.6 is 0 Å². The van der Waals surface area contributed by atoms with Gasteiger partial charge in [-0.15, -0.1) is 0 Å². The number of hydrogen-bond donors (Lipinski definition) is 1. The van der Waals surface area contributed by atoms with Crippen molar-refractivity contribution in [3.8, 4) is 0 Å². The van der Waals surface area contributed by atoms with Crippen LogP contribution in [0.2, 0.25) is 0 Å². The summed E-state index contributed by atoms with van der Waals surface area (Å²) in [6, 6.07) is 3.31. The van der Waals surface area contributed by atoms with Gasteiger partial charge in [0.25, 0.3) is 0 Å². The van der Waals surface area contributed by atoms with Gasteiger partial charge in [-0.25, -0.2) is 8.78 Å². The van der Waals surface area contributed by atoms with Crippen LogP contribution in [0.15, 0.2) is 18.2 Å². The van der Waals surface area contributed by atoms with Crippen LogP contribution in [0.5, 0.6) is 0 Å². The fourth-order valence-corrected chi connectivity index (χ4v) is 4.11. The highest BCUT2D eigenvalue weighted by Gasteiger charge is 2.48. The summed E-state index contributed by atoms with van der Waals surface area (Å²) in [5, 5.41) is 10.9. The predicted octanol–water partition coefficient (Wildman–Crippen LogP) is 4.39. The summed E-state index contributed by atoms with van der Waals surface area (Å²) in [5.74, 6) is -1.04. The molecule has 0 heterocycles. The highest BCUT2D eigenvalue weighted by Crippen LogP contribution is 2.54. The Labute approximate surface area is 113 Å². The molecule has 1 nitrogen and oxygen atoms in total. The molecule has 1 N–H and O–H groups in total. The molecule has 0 amide bonds. The van der Waals surface area contributed by atoms with Crippen LogP contribution in [0.1, 0.15) is 52.5 Å². The third kappa shape index (κ3) is 2.97. The van der Waals surface area contributed by atoms with E-state index in [1.54, 1.807) is 0 Å². The van der Waals surface area contributed by atoms with Crippen molar-refractivity contribution in [1.82, 2.24) is 0 Å². The molecule has 0 unspecified atom stereocenters. The van der Waals surface area contributed by atoms with Gasteiger partial charge >= 0.3 is 0 Å². The normalized spacial score (nSPS) is 24.2. The highest BCUT2D eigenvalue weighted by atomic mass is 19.1. The number of aliphatic hydroxyl groups is 1. The molecule has 0 aromatic heterocycles. The van der Waals surface area contributed by atoms with Crippen LogP contribution in [0.25, 0.3) is 0 Å². The molecule has 1 saturated carbocycles. The minimum atomic E-state index is -1.29. The maximum atomic E-state index is 14.0. The molecule has 0 aliphatic heterocycles. The van der Waals surface area contributed by atoms with Crippen molar-refractivity contribution in [2.24, 2.45) is 10.8 Å². The van der Waals surface area contributed by atoms with Gasteiger partial charge in [-0.1, -0.05) is 27.7 Å². The van der Waals surface area contributed by atoms with Crippen LogP contribution in [-0.4, -0.2) is 5.11 Å². The van der Waals surface area contributed by atoms with E-state index in [-0.39, 0.29) is 16.4 Å². The second-order valence-electron chi connectivity index (χ2n) is 7.51. The molecule has 0 bridgehead atoms. The first-order valence-corrected chi connectivity index (χ1v) is 6.71. The minimum absolute atomic E-state index is 0.0911. The molecule has 1 aliphatic rings. The molecule has 1 aromatic rings. The fourth-order valence-electron chi connectivity index (χ4n) is 4.11. The molecule has 3 heteroatoms. The van der Waals surface area contributed by atoms with Crippen molar-refractivity contribution in [2.45, 2.75) is 52.6 Å². The SMILES string of the molecule is CC1(C)CC(C)(C)CC(O)(c2cc(F)ccc2F)C1. The lowest BCUT2D eigenvalue weighted by Crippen LogP contribution is -2.44. The Hall–Kier alpha value is -0.960. The van der Waals surface area contributed by atoms with E-state index in [0.29, 0.717) is 12.8 Å². The summed E-state index contributed by atoms with van der Waals surface area (Å²) in [7, 11) is 0. The van der Waals surface area contributed by atoms with E-state index in [0.717, 1.165) is 24.6 Å². The number of halogens is 2. The summed E-state index contributed by atoms with van der Waals surface area (Å²) in [4.78, 5) is 0. The molecule has 0 radical (unpaired) electrons. The summed E-state index contributed by atoms with van der Waals surface area (Å²) < 4.78 is 27.4. The third-order valence-electron chi connectivity index (χ3n) is 3.93. The Morgan fingerprint density at radius 2 is 1.47 bits per heavy atom. The summed E-state index contributed by atoms with van der Waals surface area (Å²) >= 11 is 0. The van der Waals surface area contributed by atoms with Crippen molar-refractivity contribution >= 4 is 0 Å². The second kappa shape index (κ2) is 4.27. The number of benzene rings is 1. The smallest absolute Gasteiger partial charge is 0.129 e. The Kier molecular flexibility index (Phi) is 3.25. The van der Waals surface area contributed by atoms with Crippen molar-refractivity contribution in [3.63, 3.8) is 0 Å². The molecule has 1 aromatic carbocycles. The van der Waals surface area contributed by atoms with Gasteiger partial charge in [0.15, 0.2) is 0 Å². The standard InChI is InChI=1S/C16H22F2O/c1-14(2)8-15(3,4)10-16(19,9-14)12-7-11(17)5-6-13(12)18/h5-7,19H,8-10H2,1-4H3. The molecule has 0 saturated heterocycles. The third-order valence-corrected chi connectivity index (χ3v) is 3.93. The van der Waals surface area contributed by atoms with Gasteiger partial charge in [0.05, 0.1) is 5.60 Å². The first-order valence-electron chi connectivity index (χ1n) is 6.71. The van der Waals surface area contributed by atoms with Gasteiger partial charge in [-0.3, -0.25) is 0 Å². The second-order valence-corrected chi connectivity index (χ2v) is 7.51. The monoisotopic (exact) mass is 268 g/mol. The first-order chi connectivity index (χ1) is 8.53. The van der Waals surface area contributed by atoms with Gasteiger partial charge in [0.1, 0.15) is 11.6 Å². The van der Waals surface area contributed by atoms with Crippen molar-refractivity contribution < 1.29 is 13.9 Å². The van der Waals surface area contributed by atoms with Gasteiger partial charge in [-0.2, -0.15) is 0 Å². The number of hydrogen-bond acceptors (Lipinski definition) is 1. The van der Waals surface area contributed by atoms with E-state index in [4.69, 9.17) is 0 Å². The molecule has 0 spiro atoms. The predicted molar refractivity (Wildman–Crippen MR) is 71.7 cm³/mol. The van der Waals surface area contributed by atoms with E-state index in [9.17, 15) is 13.9 Å². The molecule has 19 heavy (non-hydrogen) atoms. The Morgan fingerprint density at radius 3 is 2.00 bits per heavy atom. The van der Waals surface area contributed by atoms with Crippen molar-refractivity contribution in [1.29, 1.82) is 0 Å². The highest BCUT2D eigenvalue weighted by molar-refractivity contribution is 5.27. The lowest BCUT2D eigenvalue weighted by atomic mass is 9.58. The van der Waals surface area contributed by atoms with Gasteiger partial charge in [0.2, 0.25) is 0 Å². The van der Waals surface area contributed by atoms with Gasteiger partial charge < -0.3 is 5.11 Å². The zero-order chi connectivity index (χ0) is 14.5. The molecule has 1 fully saturated rings. The van der Waals surface area contributed by atoms with Crippen molar-refractivity contribution in [2.75, 3.05) is 0 Å². The zero-order valence-electron chi connectivity index (χ0n) is 12.1. The van der Waals surface area contributed by atoms with Crippen LogP contribution in [0, 0.1) is 22.5 Å². The average molecular weight is 268 g/mol. The summed E-state index contributed by atoms with van der Waals surface area (Å²) in [6.45, 7) is 8.26. The Morgan fingerprint density at radius 1 is 0.947 bits per heavy atom. The molecule has 1 aliphatic carbocycles. The van der Waals surface area contributed by atoms with Crippen LogP contribution < -0.4 is 0 Å².